The Morgan fingerprint density at radius 2 is 2.08 bits per heavy atom. The minimum atomic E-state index is -0.601. The summed E-state index contributed by atoms with van der Waals surface area (Å²) >= 11 is 0. The fourth-order valence-electron chi connectivity index (χ4n) is 3.16. The predicted octanol–water partition coefficient (Wildman–Crippen LogP) is -0.217. The molecule has 4 heterocycles. The molecular formula is C16H16N6O3. The van der Waals surface area contributed by atoms with Gasteiger partial charge in [0.1, 0.15) is 5.65 Å². The fraction of sp³-hybridized carbons (Fsp3) is 0.312. The lowest BCUT2D eigenvalue weighted by Gasteiger charge is -2.28. The van der Waals surface area contributed by atoms with E-state index >= 15 is 0 Å². The molecule has 0 bridgehead atoms. The highest BCUT2D eigenvalue weighted by molar-refractivity contribution is 6.05. The van der Waals surface area contributed by atoms with Crippen molar-refractivity contribution in [2.45, 2.75) is 20.0 Å². The number of fused-ring (bicyclic) bond motifs is 2. The van der Waals surface area contributed by atoms with Gasteiger partial charge in [-0.15, -0.1) is 0 Å². The molecule has 3 aromatic rings. The summed E-state index contributed by atoms with van der Waals surface area (Å²) in [7, 11) is 1.51. The van der Waals surface area contributed by atoms with Crippen LogP contribution in [0.2, 0.25) is 0 Å². The van der Waals surface area contributed by atoms with E-state index in [1.165, 1.54) is 11.6 Å². The van der Waals surface area contributed by atoms with Crippen LogP contribution in [0.1, 0.15) is 21.7 Å². The van der Waals surface area contributed by atoms with E-state index in [9.17, 15) is 14.4 Å². The van der Waals surface area contributed by atoms with E-state index in [0.717, 1.165) is 5.69 Å². The number of aromatic nitrogens is 5. The Balaban J connectivity index is 1.87. The Bertz CT molecular complexity index is 1120. The Labute approximate surface area is 141 Å². The Morgan fingerprint density at radius 1 is 1.28 bits per heavy atom. The van der Waals surface area contributed by atoms with Crippen molar-refractivity contribution in [3.8, 4) is 0 Å². The normalized spacial score (nSPS) is 13.9. The van der Waals surface area contributed by atoms with Crippen LogP contribution in [-0.4, -0.2) is 41.4 Å². The van der Waals surface area contributed by atoms with E-state index in [1.54, 1.807) is 30.4 Å². The first-order valence-electron chi connectivity index (χ1n) is 7.84. The van der Waals surface area contributed by atoms with Crippen LogP contribution in [0.15, 0.2) is 28.2 Å². The number of amides is 1. The van der Waals surface area contributed by atoms with Crippen molar-refractivity contribution in [2.24, 2.45) is 7.05 Å². The quantitative estimate of drug-likeness (QED) is 0.659. The largest absolute Gasteiger partial charge is 0.331 e. The van der Waals surface area contributed by atoms with Gasteiger partial charge in [-0.3, -0.25) is 19.1 Å². The van der Waals surface area contributed by atoms with E-state index in [4.69, 9.17) is 0 Å². The lowest BCUT2D eigenvalue weighted by Crippen LogP contribution is -2.39. The molecule has 1 amide bonds. The molecule has 0 unspecified atom stereocenters. The maximum absolute atomic E-state index is 13.1. The van der Waals surface area contributed by atoms with Crippen molar-refractivity contribution >= 4 is 16.9 Å². The highest BCUT2D eigenvalue weighted by atomic mass is 16.2. The second-order valence-corrected chi connectivity index (χ2v) is 6.13. The Hall–Kier alpha value is -3.23. The molecule has 0 atom stereocenters. The number of hydrogen-bond acceptors (Lipinski definition) is 5. The second kappa shape index (κ2) is 5.40. The molecule has 9 nitrogen and oxygen atoms in total. The first-order chi connectivity index (χ1) is 12.0. The standard InChI is InChI=1S/C16H16N6O3/c1-9-5-11(12-13(18-9)20(2)16(25)19-14(12)23)15(24)21-3-4-22-8-17-6-10(22)7-21/h5-6,8H,3-4,7H2,1-2H3,(H,19,23,25). The van der Waals surface area contributed by atoms with Gasteiger partial charge in [-0.05, 0) is 13.0 Å². The molecule has 1 aliphatic rings. The van der Waals surface area contributed by atoms with E-state index in [2.05, 4.69) is 15.0 Å². The van der Waals surface area contributed by atoms with Crippen LogP contribution >= 0.6 is 0 Å². The molecule has 1 aliphatic heterocycles. The van der Waals surface area contributed by atoms with Crippen LogP contribution in [0.25, 0.3) is 11.0 Å². The van der Waals surface area contributed by atoms with Crippen LogP contribution in [-0.2, 0) is 20.1 Å². The van der Waals surface area contributed by atoms with Gasteiger partial charge in [0.2, 0.25) is 0 Å². The third kappa shape index (κ3) is 2.35. The lowest BCUT2D eigenvalue weighted by molar-refractivity contribution is 0.0713. The highest BCUT2D eigenvalue weighted by Crippen LogP contribution is 2.19. The number of nitrogens with zero attached hydrogens (tertiary/aromatic N) is 5. The molecule has 0 saturated carbocycles. The number of imidazole rings is 1. The zero-order valence-electron chi connectivity index (χ0n) is 13.8. The van der Waals surface area contributed by atoms with Crippen LogP contribution in [0.4, 0.5) is 0 Å². The third-order valence-electron chi connectivity index (χ3n) is 4.48. The predicted molar refractivity (Wildman–Crippen MR) is 89.3 cm³/mol. The number of pyridine rings is 1. The van der Waals surface area contributed by atoms with Gasteiger partial charge in [0.25, 0.3) is 11.5 Å². The van der Waals surface area contributed by atoms with Gasteiger partial charge in [0.05, 0.1) is 29.5 Å². The SMILES string of the molecule is Cc1cc(C(=O)N2CCn3cncc3C2)c2c(=O)[nH]c(=O)n(C)c2n1. The minimum absolute atomic E-state index is 0.136. The number of aryl methyl sites for hydroxylation is 2. The van der Waals surface area contributed by atoms with Gasteiger partial charge >= 0.3 is 5.69 Å². The molecule has 3 aromatic heterocycles. The average molecular weight is 340 g/mol. The molecule has 0 saturated heterocycles. The minimum Gasteiger partial charge on any atom is -0.331 e. The number of hydrogen-bond donors (Lipinski definition) is 1. The van der Waals surface area contributed by atoms with Gasteiger partial charge in [0, 0.05) is 32.0 Å². The van der Waals surface area contributed by atoms with E-state index < -0.39 is 11.2 Å². The van der Waals surface area contributed by atoms with Crippen LogP contribution < -0.4 is 11.2 Å². The summed E-state index contributed by atoms with van der Waals surface area (Å²) in [5.74, 6) is -0.257. The van der Waals surface area contributed by atoms with Crippen LogP contribution in [0, 0.1) is 6.92 Å². The molecule has 25 heavy (non-hydrogen) atoms. The number of H-pyrrole nitrogens is 1. The van der Waals surface area contributed by atoms with E-state index in [0.29, 0.717) is 25.3 Å². The summed E-state index contributed by atoms with van der Waals surface area (Å²) in [6, 6.07) is 1.59. The van der Waals surface area contributed by atoms with E-state index in [-0.39, 0.29) is 22.5 Å². The maximum atomic E-state index is 13.1. The average Bonchev–Trinajstić information content (AvgIpc) is 3.05. The first kappa shape index (κ1) is 15.3. The van der Waals surface area contributed by atoms with Gasteiger partial charge in [-0.25, -0.2) is 14.8 Å². The molecule has 9 heteroatoms. The molecular weight excluding hydrogens is 324 g/mol. The van der Waals surface area contributed by atoms with Crippen molar-refractivity contribution in [3.05, 3.63) is 56.4 Å². The lowest BCUT2D eigenvalue weighted by atomic mass is 10.1. The first-order valence-corrected chi connectivity index (χ1v) is 7.84. The van der Waals surface area contributed by atoms with Gasteiger partial charge in [0.15, 0.2) is 0 Å². The summed E-state index contributed by atoms with van der Waals surface area (Å²) in [4.78, 5) is 49.5. The number of carbonyl (C=O) groups is 1. The summed E-state index contributed by atoms with van der Waals surface area (Å²) in [6.45, 7) is 3.32. The molecule has 0 radical (unpaired) electrons. The topological polar surface area (TPSA) is 106 Å². The van der Waals surface area contributed by atoms with Gasteiger partial charge < -0.3 is 9.47 Å². The third-order valence-corrected chi connectivity index (χ3v) is 4.48. The van der Waals surface area contributed by atoms with Crippen molar-refractivity contribution in [3.63, 3.8) is 0 Å². The molecule has 0 aliphatic carbocycles. The summed E-state index contributed by atoms with van der Waals surface area (Å²) in [5, 5.41) is 0.136. The summed E-state index contributed by atoms with van der Waals surface area (Å²) in [5.41, 5.74) is 0.813. The number of carbonyl (C=O) groups excluding carboxylic acids is 1. The molecule has 0 aromatic carbocycles. The summed E-state index contributed by atoms with van der Waals surface area (Å²) in [6.07, 6.45) is 3.47. The highest BCUT2D eigenvalue weighted by Gasteiger charge is 2.25. The van der Waals surface area contributed by atoms with Crippen LogP contribution in [0.5, 0.6) is 0 Å². The number of nitrogens with one attached hydrogen (secondary N) is 1. The van der Waals surface area contributed by atoms with Crippen molar-refractivity contribution < 1.29 is 4.79 Å². The van der Waals surface area contributed by atoms with Gasteiger partial charge in [-0.2, -0.15) is 0 Å². The number of aromatic amines is 1. The van der Waals surface area contributed by atoms with Crippen LogP contribution in [0.3, 0.4) is 0 Å². The van der Waals surface area contributed by atoms with E-state index in [1.807, 2.05) is 4.57 Å². The molecule has 128 valence electrons. The molecule has 1 N–H and O–H groups in total. The van der Waals surface area contributed by atoms with Gasteiger partial charge in [-0.1, -0.05) is 0 Å². The Kier molecular flexibility index (Phi) is 3.31. The molecule has 4 rings (SSSR count). The zero-order chi connectivity index (χ0) is 17.7. The Morgan fingerprint density at radius 3 is 2.88 bits per heavy atom. The summed E-state index contributed by atoms with van der Waals surface area (Å²) < 4.78 is 3.24. The molecule has 0 fully saturated rings. The smallest absolute Gasteiger partial charge is 0.329 e. The van der Waals surface area contributed by atoms with Crippen molar-refractivity contribution in [1.82, 2.24) is 29.0 Å². The van der Waals surface area contributed by atoms with Crippen molar-refractivity contribution in [1.29, 1.82) is 0 Å². The second-order valence-electron chi connectivity index (χ2n) is 6.13. The molecule has 0 spiro atoms. The monoisotopic (exact) mass is 340 g/mol. The fourth-order valence-corrected chi connectivity index (χ4v) is 3.16. The van der Waals surface area contributed by atoms with Crippen molar-refractivity contribution in [2.75, 3.05) is 6.54 Å². The maximum Gasteiger partial charge on any atom is 0.329 e. The number of rotatable bonds is 1. The zero-order valence-corrected chi connectivity index (χ0v) is 13.8.